The summed E-state index contributed by atoms with van der Waals surface area (Å²) in [7, 11) is 0. The van der Waals surface area contributed by atoms with Gasteiger partial charge in [0.1, 0.15) is 6.23 Å². The fraction of sp³-hybridized carbons (Fsp3) is 0.318. The Morgan fingerprint density at radius 2 is 1.70 bits per heavy atom. The van der Waals surface area contributed by atoms with E-state index in [0.717, 1.165) is 33.2 Å². The first-order chi connectivity index (χ1) is 14.4. The van der Waals surface area contributed by atoms with E-state index < -0.39 is 24.4 Å². The quantitative estimate of drug-likeness (QED) is 0.273. The zero-order chi connectivity index (χ0) is 21.2. The van der Waals surface area contributed by atoms with Gasteiger partial charge in [0.2, 0.25) is 0 Å². The van der Waals surface area contributed by atoms with E-state index >= 15 is 0 Å². The lowest BCUT2D eigenvalue weighted by molar-refractivity contribution is -0.133. The molecule has 4 nitrogen and oxygen atoms in total. The fourth-order valence-corrected chi connectivity index (χ4v) is 5.06. The van der Waals surface area contributed by atoms with Gasteiger partial charge < -0.3 is 10.1 Å². The molecule has 1 aliphatic rings. The summed E-state index contributed by atoms with van der Waals surface area (Å²) < 4.78 is 38.7. The molecule has 4 rings (SSSR count). The number of H-pyrrole nitrogens is 1. The third-order valence-electron chi connectivity index (χ3n) is 5.50. The third-order valence-corrected chi connectivity index (χ3v) is 6.49. The highest BCUT2D eigenvalue weighted by atomic mass is 32.2. The van der Waals surface area contributed by atoms with Gasteiger partial charge in [-0.25, -0.2) is 4.98 Å². The SMILES string of the molecule is OC(NCC(F)(F)F)C1(CCCSc2ncc[nH]2)c2ccccc2-c2ccccc21. The number of aromatic nitrogens is 2. The lowest BCUT2D eigenvalue weighted by atomic mass is 9.73. The van der Waals surface area contributed by atoms with Crippen molar-refractivity contribution in [1.29, 1.82) is 0 Å². The topological polar surface area (TPSA) is 60.9 Å². The normalized spacial score (nSPS) is 15.6. The highest BCUT2D eigenvalue weighted by molar-refractivity contribution is 7.99. The first-order valence-electron chi connectivity index (χ1n) is 9.71. The third kappa shape index (κ3) is 3.99. The number of hydrogen-bond donors (Lipinski definition) is 3. The van der Waals surface area contributed by atoms with E-state index in [9.17, 15) is 18.3 Å². The molecule has 158 valence electrons. The lowest BCUT2D eigenvalue weighted by Gasteiger charge is -2.37. The molecule has 0 radical (unpaired) electrons. The molecule has 1 aliphatic carbocycles. The monoisotopic (exact) mass is 433 g/mol. The molecule has 3 N–H and O–H groups in total. The van der Waals surface area contributed by atoms with E-state index in [2.05, 4.69) is 15.3 Å². The minimum atomic E-state index is -4.41. The molecule has 1 aromatic heterocycles. The van der Waals surface area contributed by atoms with Crippen molar-refractivity contribution in [2.75, 3.05) is 12.3 Å². The van der Waals surface area contributed by atoms with Gasteiger partial charge in [-0.15, -0.1) is 0 Å². The predicted molar refractivity (Wildman–Crippen MR) is 111 cm³/mol. The first-order valence-corrected chi connectivity index (χ1v) is 10.7. The molecule has 0 aliphatic heterocycles. The Bertz CT molecular complexity index is 946. The van der Waals surface area contributed by atoms with E-state index in [4.69, 9.17) is 0 Å². The molecule has 8 heteroatoms. The number of fused-ring (bicyclic) bond motifs is 3. The molecule has 0 saturated heterocycles. The molecule has 0 amide bonds. The number of hydrogen-bond acceptors (Lipinski definition) is 4. The number of aliphatic hydroxyl groups is 1. The minimum absolute atomic E-state index is 0.501. The van der Waals surface area contributed by atoms with Crippen molar-refractivity contribution in [3.8, 4) is 11.1 Å². The van der Waals surface area contributed by atoms with E-state index in [1.165, 1.54) is 0 Å². The van der Waals surface area contributed by atoms with E-state index in [-0.39, 0.29) is 0 Å². The number of alkyl halides is 3. The van der Waals surface area contributed by atoms with Crippen LogP contribution in [0.5, 0.6) is 0 Å². The standard InChI is InChI=1S/C22H22F3N3OS/c23-22(24,25)14-28-19(29)21(10-5-13-30-20-26-11-12-27-20)17-8-3-1-6-15(17)16-7-2-4-9-18(16)21/h1-4,6-9,11-12,19,28-29H,5,10,13-14H2,(H,26,27). The summed E-state index contributed by atoms with van der Waals surface area (Å²) in [6.07, 6.45) is -1.16. The van der Waals surface area contributed by atoms with E-state index in [1.54, 1.807) is 24.2 Å². The van der Waals surface area contributed by atoms with Crippen LogP contribution in [0.25, 0.3) is 11.1 Å². The zero-order valence-corrected chi connectivity index (χ0v) is 16.9. The van der Waals surface area contributed by atoms with Crippen molar-refractivity contribution >= 4 is 11.8 Å². The van der Waals surface area contributed by atoms with Crippen LogP contribution in [0.1, 0.15) is 24.0 Å². The van der Waals surface area contributed by atoms with Crippen molar-refractivity contribution in [3.05, 3.63) is 72.1 Å². The molecule has 30 heavy (non-hydrogen) atoms. The summed E-state index contributed by atoms with van der Waals surface area (Å²) in [6, 6.07) is 15.3. The Morgan fingerprint density at radius 3 is 2.27 bits per heavy atom. The molecule has 2 aromatic carbocycles. The second-order valence-corrected chi connectivity index (χ2v) is 8.39. The van der Waals surface area contributed by atoms with Gasteiger partial charge in [0.25, 0.3) is 0 Å². The van der Waals surface area contributed by atoms with Crippen LogP contribution in [-0.4, -0.2) is 39.8 Å². The number of aromatic amines is 1. The summed E-state index contributed by atoms with van der Waals surface area (Å²) in [6.45, 7) is -1.25. The Kier molecular flexibility index (Phi) is 5.90. The van der Waals surface area contributed by atoms with Crippen LogP contribution in [-0.2, 0) is 5.41 Å². The number of aliphatic hydroxyl groups excluding tert-OH is 1. The molecular weight excluding hydrogens is 411 g/mol. The molecule has 1 heterocycles. The van der Waals surface area contributed by atoms with Gasteiger partial charge in [0.05, 0.1) is 12.0 Å². The zero-order valence-electron chi connectivity index (χ0n) is 16.1. The number of rotatable bonds is 8. The molecular formula is C22H22F3N3OS. The summed E-state index contributed by atoms with van der Waals surface area (Å²) in [4.78, 5) is 7.22. The number of imidazole rings is 1. The number of halogens is 3. The fourth-order valence-electron chi connectivity index (χ4n) is 4.30. The van der Waals surface area contributed by atoms with Crippen molar-refractivity contribution in [3.63, 3.8) is 0 Å². The van der Waals surface area contributed by atoms with Crippen molar-refractivity contribution in [2.24, 2.45) is 0 Å². The number of benzene rings is 2. The van der Waals surface area contributed by atoms with Crippen LogP contribution in [0.3, 0.4) is 0 Å². The lowest BCUT2D eigenvalue weighted by Crippen LogP contribution is -2.51. The molecule has 0 spiro atoms. The number of thioether (sulfide) groups is 1. The largest absolute Gasteiger partial charge is 0.401 e. The molecule has 3 aromatic rings. The smallest absolute Gasteiger partial charge is 0.377 e. The molecule has 1 unspecified atom stereocenters. The van der Waals surface area contributed by atoms with Gasteiger partial charge in [-0.1, -0.05) is 60.3 Å². The van der Waals surface area contributed by atoms with Crippen LogP contribution in [0.4, 0.5) is 13.2 Å². The van der Waals surface area contributed by atoms with Gasteiger partial charge in [0.15, 0.2) is 5.16 Å². The second-order valence-electron chi connectivity index (χ2n) is 7.31. The Hall–Kier alpha value is -2.29. The van der Waals surface area contributed by atoms with Crippen molar-refractivity contribution < 1.29 is 18.3 Å². The average Bonchev–Trinajstić information content (AvgIpc) is 3.35. The molecule has 1 atom stereocenters. The summed E-state index contributed by atoms with van der Waals surface area (Å²) >= 11 is 1.55. The summed E-state index contributed by atoms with van der Waals surface area (Å²) in [5.41, 5.74) is 2.68. The van der Waals surface area contributed by atoms with Gasteiger partial charge in [0, 0.05) is 18.1 Å². The van der Waals surface area contributed by atoms with Gasteiger partial charge in [-0.05, 0) is 35.1 Å². The van der Waals surface area contributed by atoms with Gasteiger partial charge in [-0.3, -0.25) is 5.32 Å². The highest BCUT2D eigenvalue weighted by Crippen LogP contribution is 2.52. The van der Waals surface area contributed by atoms with Crippen LogP contribution in [0.15, 0.2) is 66.1 Å². The number of nitrogens with one attached hydrogen (secondary N) is 2. The van der Waals surface area contributed by atoms with Gasteiger partial charge in [-0.2, -0.15) is 13.2 Å². The second kappa shape index (κ2) is 8.45. The Morgan fingerprint density at radius 1 is 1.07 bits per heavy atom. The Labute approximate surface area is 176 Å². The van der Waals surface area contributed by atoms with Crippen LogP contribution in [0.2, 0.25) is 0 Å². The van der Waals surface area contributed by atoms with Gasteiger partial charge >= 0.3 is 6.18 Å². The summed E-state index contributed by atoms with van der Waals surface area (Å²) in [5, 5.41) is 14.2. The molecule has 0 saturated carbocycles. The number of nitrogens with zero attached hydrogens (tertiary/aromatic N) is 1. The molecule has 0 bridgehead atoms. The minimum Gasteiger partial charge on any atom is -0.377 e. The maximum absolute atomic E-state index is 12.9. The van der Waals surface area contributed by atoms with E-state index in [1.807, 2.05) is 48.5 Å². The maximum Gasteiger partial charge on any atom is 0.401 e. The Balaban J connectivity index is 1.67. The predicted octanol–water partition coefficient (Wildman–Crippen LogP) is 4.72. The van der Waals surface area contributed by atoms with Crippen molar-refractivity contribution in [1.82, 2.24) is 15.3 Å². The van der Waals surface area contributed by atoms with Crippen LogP contribution < -0.4 is 5.32 Å². The van der Waals surface area contributed by atoms with Crippen LogP contribution >= 0.6 is 11.8 Å². The maximum atomic E-state index is 12.9. The van der Waals surface area contributed by atoms with Crippen LogP contribution in [0, 0.1) is 0 Å². The highest BCUT2D eigenvalue weighted by Gasteiger charge is 2.48. The average molecular weight is 433 g/mol. The van der Waals surface area contributed by atoms with E-state index in [0.29, 0.717) is 12.8 Å². The summed E-state index contributed by atoms with van der Waals surface area (Å²) in [5.74, 6) is 0.728. The van der Waals surface area contributed by atoms with Crippen molar-refractivity contribution in [2.45, 2.75) is 35.8 Å². The first kappa shape index (κ1) is 21.0. The molecule has 0 fully saturated rings.